The van der Waals surface area contributed by atoms with Gasteiger partial charge in [-0.05, 0) is 36.3 Å². The summed E-state index contributed by atoms with van der Waals surface area (Å²) in [5.41, 5.74) is 8.42. The number of likely N-dealkylation sites (tertiary alicyclic amines) is 1. The molecule has 28 heavy (non-hydrogen) atoms. The number of hydrogen-bond donors (Lipinski definition) is 2. The Morgan fingerprint density at radius 3 is 2.68 bits per heavy atom. The third-order valence-corrected chi connectivity index (χ3v) is 6.25. The molecule has 1 aliphatic rings. The molecule has 0 aromatic carbocycles. The van der Waals surface area contributed by atoms with Gasteiger partial charge < -0.3 is 10.6 Å². The van der Waals surface area contributed by atoms with Crippen LogP contribution in [0.1, 0.15) is 45.4 Å². The number of nitrogens with two attached hydrogens (primary N) is 1. The zero-order chi connectivity index (χ0) is 20.6. The van der Waals surface area contributed by atoms with Crippen LogP contribution in [0, 0.1) is 12.8 Å². The minimum Gasteiger partial charge on any atom is -0.368 e. The average molecular weight is 402 g/mol. The van der Waals surface area contributed by atoms with Crippen molar-refractivity contribution in [2.75, 3.05) is 11.9 Å². The molecule has 0 saturated carbocycles. The molecular formula is C20H27N5O2S. The molecule has 1 saturated heterocycles. The lowest BCUT2D eigenvalue weighted by molar-refractivity contribution is -0.122. The van der Waals surface area contributed by atoms with Gasteiger partial charge in [-0.1, -0.05) is 39.0 Å². The van der Waals surface area contributed by atoms with Crippen molar-refractivity contribution in [3.8, 4) is 10.4 Å². The molecule has 2 atom stereocenters. The van der Waals surface area contributed by atoms with Gasteiger partial charge in [0.05, 0.1) is 10.6 Å². The average Bonchev–Trinajstić information content (AvgIpc) is 3.17. The van der Waals surface area contributed by atoms with E-state index in [2.05, 4.69) is 42.1 Å². The maximum atomic E-state index is 12.7. The molecule has 0 radical (unpaired) electrons. The van der Waals surface area contributed by atoms with Crippen LogP contribution in [-0.4, -0.2) is 39.4 Å². The Morgan fingerprint density at radius 1 is 1.32 bits per heavy atom. The molecule has 7 nitrogen and oxygen atoms in total. The van der Waals surface area contributed by atoms with Gasteiger partial charge in [0.1, 0.15) is 6.04 Å². The first kappa shape index (κ1) is 20.3. The summed E-state index contributed by atoms with van der Waals surface area (Å²) in [6, 6.07) is 1.20. The SMILES string of the molecule is Cc1nc(NC(=O)N2CC[C@@H](C)[C@H]2C(N)=O)sc1-c1cncc(C(C)(C)C)c1. The lowest BCUT2D eigenvalue weighted by Gasteiger charge is -2.23. The van der Waals surface area contributed by atoms with Crippen molar-refractivity contribution in [1.82, 2.24) is 14.9 Å². The third kappa shape index (κ3) is 4.01. The van der Waals surface area contributed by atoms with Gasteiger partial charge in [-0.2, -0.15) is 0 Å². The van der Waals surface area contributed by atoms with Gasteiger partial charge in [0.2, 0.25) is 5.91 Å². The summed E-state index contributed by atoms with van der Waals surface area (Å²) in [7, 11) is 0. The van der Waals surface area contributed by atoms with E-state index in [9.17, 15) is 9.59 Å². The Kier molecular flexibility index (Phi) is 5.43. The summed E-state index contributed by atoms with van der Waals surface area (Å²) in [5.74, 6) is -0.413. The summed E-state index contributed by atoms with van der Waals surface area (Å²) in [6.45, 7) is 10.8. The number of aryl methyl sites for hydroxylation is 1. The molecule has 3 heterocycles. The molecule has 8 heteroatoms. The van der Waals surface area contributed by atoms with E-state index in [0.717, 1.165) is 28.1 Å². The molecule has 3 amide bonds. The zero-order valence-electron chi connectivity index (χ0n) is 16.9. The van der Waals surface area contributed by atoms with Crippen molar-refractivity contribution < 1.29 is 9.59 Å². The van der Waals surface area contributed by atoms with E-state index in [1.807, 2.05) is 26.2 Å². The number of thiazole rings is 1. The van der Waals surface area contributed by atoms with Gasteiger partial charge in [-0.3, -0.25) is 15.1 Å². The Morgan fingerprint density at radius 2 is 2.04 bits per heavy atom. The predicted molar refractivity (Wildman–Crippen MR) is 111 cm³/mol. The maximum Gasteiger partial charge on any atom is 0.324 e. The summed E-state index contributed by atoms with van der Waals surface area (Å²) in [4.78, 5) is 35.7. The van der Waals surface area contributed by atoms with Crippen LogP contribution in [0.3, 0.4) is 0 Å². The molecule has 1 fully saturated rings. The van der Waals surface area contributed by atoms with E-state index in [0.29, 0.717) is 11.7 Å². The standard InChI is InChI=1S/C20H27N5O2S/c1-11-6-7-25(15(11)17(21)26)19(27)24-18-23-12(2)16(28-18)13-8-14(10-22-9-13)20(3,4)5/h8-11,15H,6-7H2,1-5H3,(H2,21,26)(H,23,24,27)/t11-,15+/m1/s1. The van der Waals surface area contributed by atoms with E-state index >= 15 is 0 Å². The summed E-state index contributed by atoms with van der Waals surface area (Å²) in [5, 5.41) is 3.33. The highest BCUT2D eigenvalue weighted by Crippen LogP contribution is 2.35. The fraction of sp³-hybridized carbons (Fsp3) is 0.500. The van der Waals surface area contributed by atoms with Gasteiger partial charge >= 0.3 is 6.03 Å². The van der Waals surface area contributed by atoms with Gasteiger partial charge in [0, 0.05) is 24.5 Å². The van der Waals surface area contributed by atoms with E-state index in [1.54, 1.807) is 0 Å². The van der Waals surface area contributed by atoms with Crippen LogP contribution in [0.2, 0.25) is 0 Å². The summed E-state index contributed by atoms with van der Waals surface area (Å²) in [6.07, 6.45) is 4.45. The number of carbonyl (C=O) groups is 2. The highest BCUT2D eigenvalue weighted by Gasteiger charge is 2.38. The van der Waals surface area contributed by atoms with Crippen molar-refractivity contribution in [2.45, 2.75) is 52.5 Å². The fourth-order valence-corrected chi connectivity index (χ4v) is 4.40. The number of aromatic nitrogens is 2. The van der Waals surface area contributed by atoms with Crippen molar-refractivity contribution in [3.05, 3.63) is 29.7 Å². The molecule has 2 aromatic rings. The minimum absolute atomic E-state index is 0.00509. The van der Waals surface area contributed by atoms with Gasteiger partial charge in [-0.15, -0.1) is 0 Å². The second-order valence-corrected chi connectivity index (χ2v) is 9.38. The second kappa shape index (κ2) is 7.50. The molecule has 0 spiro atoms. The normalized spacial score (nSPS) is 19.7. The molecule has 1 aliphatic heterocycles. The highest BCUT2D eigenvalue weighted by atomic mass is 32.1. The van der Waals surface area contributed by atoms with Crippen LogP contribution in [0.5, 0.6) is 0 Å². The highest BCUT2D eigenvalue weighted by molar-refractivity contribution is 7.19. The van der Waals surface area contributed by atoms with Crippen LogP contribution in [-0.2, 0) is 10.2 Å². The number of urea groups is 1. The number of anilines is 1. The van der Waals surface area contributed by atoms with E-state index in [-0.39, 0.29) is 17.4 Å². The summed E-state index contributed by atoms with van der Waals surface area (Å²) >= 11 is 1.40. The third-order valence-electron chi connectivity index (χ3n) is 5.13. The van der Waals surface area contributed by atoms with Crippen LogP contribution < -0.4 is 11.1 Å². The molecule has 2 aromatic heterocycles. The summed E-state index contributed by atoms with van der Waals surface area (Å²) < 4.78 is 0. The Labute approximate surface area is 169 Å². The number of nitrogens with zero attached hydrogens (tertiary/aromatic N) is 3. The Hall–Kier alpha value is -2.48. The van der Waals surface area contributed by atoms with E-state index in [4.69, 9.17) is 5.73 Å². The molecule has 150 valence electrons. The lowest BCUT2D eigenvalue weighted by atomic mass is 9.87. The largest absolute Gasteiger partial charge is 0.368 e. The molecule has 0 bridgehead atoms. The first-order valence-electron chi connectivity index (χ1n) is 9.38. The monoisotopic (exact) mass is 401 g/mol. The Balaban J connectivity index is 1.82. The first-order chi connectivity index (χ1) is 13.1. The number of primary amides is 1. The Bertz CT molecular complexity index is 902. The zero-order valence-corrected chi connectivity index (χ0v) is 17.8. The lowest BCUT2D eigenvalue weighted by Crippen LogP contribution is -2.47. The van der Waals surface area contributed by atoms with Crippen LogP contribution in [0.15, 0.2) is 18.5 Å². The second-order valence-electron chi connectivity index (χ2n) is 8.38. The minimum atomic E-state index is -0.576. The molecule has 0 aliphatic carbocycles. The smallest absolute Gasteiger partial charge is 0.324 e. The topological polar surface area (TPSA) is 101 Å². The van der Waals surface area contributed by atoms with Gasteiger partial charge in [0.15, 0.2) is 5.13 Å². The quantitative estimate of drug-likeness (QED) is 0.821. The number of nitrogens with one attached hydrogen (secondary N) is 1. The molecule has 3 N–H and O–H groups in total. The maximum absolute atomic E-state index is 12.7. The van der Waals surface area contributed by atoms with Crippen LogP contribution in [0.25, 0.3) is 10.4 Å². The van der Waals surface area contributed by atoms with E-state index in [1.165, 1.54) is 16.2 Å². The molecule has 0 unspecified atom stereocenters. The first-order valence-corrected chi connectivity index (χ1v) is 10.2. The number of hydrogen-bond acceptors (Lipinski definition) is 5. The number of carbonyl (C=O) groups excluding carboxylic acids is 2. The molecular weight excluding hydrogens is 374 g/mol. The van der Waals surface area contributed by atoms with Crippen molar-refractivity contribution in [1.29, 1.82) is 0 Å². The fourth-order valence-electron chi connectivity index (χ4n) is 3.46. The van der Waals surface area contributed by atoms with Crippen LogP contribution in [0.4, 0.5) is 9.93 Å². The van der Waals surface area contributed by atoms with Gasteiger partial charge in [0.25, 0.3) is 0 Å². The van der Waals surface area contributed by atoms with Gasteiger partial charge in [-0.25, -0.2) is 9.78 Å². The van der Waals surface area contributed by atoms with Crippen LogP contribution >= 0.6 is 11.3 Å². The predicted octanol–water partition coefficient (Wildman–Crippen LogP) is 3.54. The number of amides is 3. The van der Waals surface area contributed by atoms with Crippen molar-refractivity contribution >= 4 is 28.4 Å². The number of rotatable bonds is 3. The van der Waals surface area contributed by atoms with E-state index < -0.39 is 11.9 Å². The van der Waals surface area contributed by atoms with Crippen molar-refractivity contribution in [3.63, 3.8) is 0 Å². The number of pyridine rings is 1. The molecule has 3 rings (SSSR count). The van der Waals surface area contributed by atoms with Crippen molar-refractivity contribution in [2.24, 2.45) is 11.7 Å².